The largest absolute Gasteiger partial charge is 0.484 e. The summed E-state index contributed by atoms with van der Waals surface area (Å²) in [4.78, 5) is 0. The number of hydrogen-bond acceptors (Lipinski definition) is 1. The van der Waals surface area contributed by atoms with Crippen molar-refractivity contribution in [2.45, 2.75) is 26.4 Å². The first kappa shape index (κ1) is 15.1. The van der Waals surface area contributed by atoms with Crippen LogP contribution in [0.5, 0.6) is 5.75 Å². The molecule has 0 aliphatic rings. The molecule has 2 aromatic rings. The average Bonchev–Trinajstić information content (AvgIpc) is 2.40. The molecule has 0 spiro atoms. The fourth-order valence-electron chi connectivity index (χ4n) is 2.17. The number of benzene rings is 2. The highest BCUT2D eigenvalue weighted by Gasteiger charge is 2.16. The number of para-hydroxylation sites is 1. The van der Waals surface area contributed by atoms with Gasteiger partial charge in [-0.2, -0.15) is 0 Å². The zero-order chi connectivity index (χ0) is 14.5. The smallest absolute Gasteiger partial charge is 0.133 e. The van der Waals surface area contributed by atoms with E-state index < -0.39 is 0 Å². The number of rotatable bonds is 5. The van der Waals surface area contributed by atoms with Gasteiger partial charge in [0.1, 0.15) is 11.9 Å². The Hall–Kier alpha value is -1.29. The molecule has 104 valence electrons. The predicted octanol–water partition coefficient (Wildman–Crippen LogP) is 5.69. The van der Waals surface area contributed by atoms with Gasteiger partial charge in [0.15, 0.2) is 0 Å². The van der Waals surface area contributed by atoms with Crippen molar-refractivity contribution in [3.63, 3.8) is 0 Å². The normalized spacial score (nSPS) is 11.9. The molecule has 0 heterocycles. The Labute approximate surface area is 134 Å². The van der Waals surface area contributed by atoms with Gasteiger partial charge in [0.25, 0.3) is 0 Å². The predicted molar refractivity (Wildman–Crippen MR) is 93.1 cm³/mol. The zero-order valence-corrected chi connectivity index (χ0v) is 14.1. The summed E-state index contributed by atoms with van der Waals surface area (Å²) >= 11 is 2.31. The van der Waals surface area contributed by atoms with E-state index in [1.165, 1.54) is 11.1 Å². The van der Waals surface area contributed by atoms with Crippen molar-refractivity contribution in [1.82, 2.24) is 0 Å². The van der Waals surface area contributed by atoms with Gasteiger partial charge in [-0.3, -0.25) is 0 Å². The summed E-state index contributed by atoms with van der Waals surface area (Å²) in [6.07, 6.45) is 0.847. The first-order valence-corrected chi connectivity index (χ1v) is 7.77. The lowest BCUT2D eigenvalue weighted by Crippen LogP contribution is -2.10. The van der Waals surface area contributed by atoms with Crippen LogP contribution < -0.4 is 4.74 Å². The van der Waals surface area contributed by atoms with Crippen LogP contribution in [0.2, 0.25) is 0 Å². The van der Waals surface area contributed by atoms with Crippen molar-refractivity contribution >= 4 is 22.6 Å². The lowest BCUT2D eigenvalue weighted by atomic mass is 9.98. The van der Waals surface area contributed by atoms with Crippen molar-refractivity contribution in [1.29, 1.82) is 0 Å². The number of aryl methyl sites for hydroxylation is 1. The fraction of sp³-hybridized carbons (Fsp3) is 0.222. The van der Waals surface area contributed by atoms with E-state index in [4.69, 9.17) is 4.74 Å². The van der Waals surface area contributed by atoms with Crippen molar-refractivity contribution < 1.29 is 4.74 Å². The SMILES string of the molecule is C=C(C)CC(Oc1ccccc1I)c1ccccc1C. The van der Waals surface area contributed by atoms with E-state index in [1.54, 1.807) is 0 Å². The standard InChI is InChI=1S/C18H19IO/c1-13(2)12-18(15-9-5-4-8-14(15)3)20-17-11-7-6-10-16(17)19/h4-11,18H,1,12H2,2-3H3. The summed E-state index contributed by atoms with van der Waals surface area (Å²) < 4.78 is 7.38. The van der Waals surface area contributed by atoms with Crippen LogP contribution in [-0.2, 0) is 0 Å². The van der Waals surface area contributed by atoms with Gasteiger partial charge in [0.05, 0.1) is 3.57 Å². The fourth-order valence-corrected chi connectivity index (χ4v) is 2.69. The second kappa shape index (κ2) is 6.93. The van der Waals surface area contributed by atoms with Gasteiger partial charge in [-0.15, -0.1) is 0 Å². The first-order chi connectivity index (χ1) is 9.58. The molecule has 20 heavy (non-hydrogen) atoms. The average molecular weight is 378 g/mol. The summed E-state index contributed by atoms with van der Waals surface area (Å²) in [5, 5.41) is 0. The van der Waals surface area contributed by atoms with Crippen LogP contribution in [0, 0.1) is 10.5 Å². The molecule has 1 unspecified atom stereocenters. The van der Waals surface area contributed by atoms with E-state index in [1.807, 2.05) is 25.1 Å². The maximum absolute atomic E-state index is 6.25. The van der Waals surface area contributed by atoms with E-state index in [0.29, 0.717) is 0 Å². The van der Waals surface area contributed by atoms with Gasteiger partial charge < -0.3 is 4.74 Å². The van der Waals surface area contributed by atoms with E-state index in [9.17, 15) is 0 Å². The zero-order valence-electron chi connectivity index (χ0n) is 11.9. The molecule has 0 saturated carbocycles. The number of ether oxygens (including phenoxy) is 1. The first-order valence-electron chi connectivity index (χ1n) is 6.69. The van der Waals surface area contributed by atoms with Gasteiger partial charge in [0, 0.05) is 6.42 Å². The highest BCUT2D eigenvalue weighted by atomic mass is 127. The minimum atomic E-state index is 0.0182. The molecular formula is C18H19IO. The second-order valence-corrected chi connectivity index (χ2v) is 6.22. The lowest BCUT2D eigenvalue weighted by molar-refractivity contribution is 0.204. The van der Waals surface area contributed by atoms with Gasteiger partial charge in [0.2, 0.25) is 0 Å². The number of halogens is 1. The van der Waals surface area contributed by atoms with Crippen LogP contribution in [-0.4, -0.2) is 0 Å². The van der Waals surface area contributed by atoms with E-state index in [-0.39, 0.29) is 6.10 Å². The Kier molecular flexibility index (Phi) is 5.24. The van der Waals surface area contributed by atoms with Crippen molar-refractivity contribution in [2.24, 2.45) is 0 Å². The maximum Gasteiger partial charge on any atom is 0.133 e. The van der Waals surface area contributed by atoms with Gasteiger partial charge in [-0.05, 0) is 59.7 Å². The lowest BCUT2D eigenvalue weighted by Gasteiger charge is -2.22. The van der Waals surface area contributed by atoms with E-state index in [2.05, 4.69) is 66.4 Å². The van der Waals surface area contributed by atoms with Gasteiger partial charge >= 0.3 is 0 Å². The van der Waals surface area contributed by atoms with Crippen LogP contribution in [0.25, 0.3) is 0 Å². The number of hydrogen-bond donors (Lipinski definition) is 0. The highest BCUT2D eigenvalue weighted by molar-refractivity contribution is 14.1. The monoisotopic (exact) mass is 378 g/mol. The highest BCUT2D eigenvalue weighted by Crippen LogP contribution is 2.31. The van der Waals surface area contributed by atoms with Gasteiger partial charge in [-0.25, -0.2) is 0 Å². The Morgan fingerprint density at radius 2 is 1.80 bits per heavy atom. The Morgan fingerprint density at radius 1 is 1.15 bits per heavy atom. The Balaban J connectivity index is 2.32. The molecule has 0 bridgehead atoms. The molecule has 2 aromatic carbocycles. The Bertz CT molecular complexity index is 604. The molecule has 0 saturated heterocycles. The van der Waals surface area contributed by atoms with Crippen molar-refractivity contribution in [3.8, 4) is 5.75 Å². The topological polar surface area (TPSA) is 9.23 Å². The quantitative estimate of drug-likeness (QED) is 0.480. The molecule has 0 amide bonds. The summed E-state index contributed by atoms with van der Waals surface area (Å²) in [5.74, 6) is 0.933. The minimum absolute atomic E-state index is 0.0182. The molecule has 0 fully saturated rings. The molecule has 0 aliphatic carbocycles. The summed E-state index contributed by atoms with van der Waals surface area (Å²) in [6.45, 7) is 8.20. The molecule has 0 N–H and O–H groups in total. The van der Waals surface area contributed by atoms with Crippen LogP contribution in [0.4, 0.5) is 0 Å². The molecule has 1 atom stereocenters. The molecule has 2 rings (SSSR count). The van der Waals surface area contributed by atoms with Crippen LogP contribution in [0.1, 0.15) is 30.6 Å². The van der Waals surface area contributed by atoms with E-state index in [0.717, 1.165) is 21.3 Å². The molecule has 0 radical (unpaired) electrons. The Morgan fingerprint density at radius 3 is 2.45 bits per heavy atom. The minimum Gasteiger partial charge on any atom is -0.484 e. The summed E-state index contributed by atoms with van der Waals surface area (Å²) in [6, 6.07) is 16.5. The molecular weight excluding hydrogens is 359 g/mol. The summed E-state index contributed by atoms with van der Waals surface area (Å²) in [5.41, 5.74) is 3.61. The molecule has 2 heteroatoms. The maximum atomic E-state index is 6.25. The van der Waals surface area contributed by atoms with Crippen LogP contribution in [0.15, 0.2) is 60.7 Å². The third kappa shape index (κ3) is 3.85. The van der Waals surface area contributed by atoms with Crippen molar-refractivity contribution in [3.05, 3.63) is 75.4 Å². The second-order valence-electron chi connectivity index (χ2n) is 5.05. The molecule has 1 nitrogen and oxygen atoms in total. The van der Waals surface area contributed by atoms with Crippen LogP contribution in [0.3, 0.4) is 0 Å². The molecule has 0 aromatic heterocycles. The third-order valence-electron chi connectivity index (χ3n) is 3.18. The third-order valence-corrected chi connectivity index (χ3v) is 4.07. The van der Waals surface area contributed by atoms with E-state index >= 15 is 0 Å². The van der Waals surface area contributed by atoms with Crippen LogP contribution >= 0.6 is 22.6 Å². The summed E-state index contributed by atoms with van der Waals surface area (Å²) in [7, 11) is 0. The van der Waals surface area contributed by atoms with Crippen molar-refractivity contribution in [2.75, 3.05) is 0 Å². The molecule has 0 aliphatic heterocycles. The van der Waals surface area contributed by atoms with Gasteiger partial charge in [-0.1, -0.05) is 48.6 Å².